The van der Waals surface area contributed by atoms with Crippen LogP contribution in [-0.4, -0.2) is 19.8 Å². The van der Waals surface area contributed by atoms with Crippen molar-refractivity contribution in [1.29, 1.82) is 0 Å². The second-order valence-corrected chi connectivity index (χ2v) is 6.48. The van der Waals surface area contributed by atoms with Crippen LogP contribution in [0.4, 0.5) is 13.2 Å². The molecular weight excluding hydrogens is 295 g/mol. The maximum Gasteiger partial charge on any atom is 0.501 e. The SMILES string of the molecule is NC(=O)c1ccc2c(c1S(=O)(=O)C(F)(F)F)CCCC2. The van der Waals surface area contributed by atoms with E-state index in [-0.39, 0.29) is 12.0 Å². The normalized spacial score (nSPS) is 15.8. The van der Waals surface area contributed by atoms with Gasteiger partial charge in [-0.05, 0) is 42.9 Å². The first-order chi connectivity index (χ1) is 9.16. The Kier molecular flexibility index (Phi) is 3.53. The molecule has 110 valence electrons. The molecule has 2 rings (SSSR count). The fraction of sp³-hybridized carbons (Fsp3) is 0.417. The molecule has 2 N–H and O–H groups in total. The van der Waals surface area contributed by atoms with Crippen molar-refractivity contribution < 1.29 is 26.4 Å². The lowest BCUT2D eigenvalue weighted by atomic mass is 9.90. The molecule has 1 aromatic carbocycles. The molecule has 1 amide bonds. The van der Waals surface area contributed by atoms with Crippen molar-refractivity contribution in [2.75, 3.05) is 0 Å². The summed E-state index contributed by atoms with van der Waals surface area (Å²) in [5, 5.41) is 0. The van der Waals surface area contributed by atoms with Crippen molar-refractivity contribution in [2.24, 2.45) is 5.73 Å². The third kappa shape index (κ3) is 2.28. The molecule has 0 unspecified atom stereocenters. The number of halogens is 3. The summed E-state index contributed by atoms with van der Waals surface area (Å²) in [5.41, 5.74) is -0.427. The van der Waals surface area contributed by atoms with Gasteiger partial charge in [0.05, 0.1) is 10.5 Å². The molecule has 0 bridgehead atoms. The molecular formula is C12H12F3NO3S. The van der Waals surface area contributed by atoms with Crippen molar-refractivity contribution in [3.8, 4) is 0 Å². The van der Waals surface area contributed by atoms with E-state index < -0.39 is 31.7 Å². The molecule has 4 nitrogen and oxygen atoms in total. The van der Waals surface area contributed by atoms with Gasteiger partial charge in [0.25, 0.3) is 9.84 Å². The van der Waals surface area contributed by atoms with E-state index in [1.54, 1.807) is 0 Å². The van der Waals surface area contributed by atoms with Gasteiger partial charge in [-0.1, -0.05) is 6.07 Å². The summed E-state index contributed by atoms with van der Waals surface area (Å²) in [7, 11) is -5.59. The summed E-state index contributed by atoms with van der Waals surface area (Å²) < 4.78 is 61.8. The van der Waals surface area contributed by atoms with Crippen LogP contribution in [0.15, 0.2) is 17.0 Å². The Labute approximate surface area is 113 Å². The van der Waals surface area contributed by atoms with Gasteiger partial charge in [-0.25, -0.2) is 8.42 Å². The van der Waals surface area contributed by atoms with Gasteiger partial charge in [0.15, 0.2) is 0 Å². The first-order valence-electron chi connectivity index (χ1n) is 5.92. The molecule has 8 heteroatoms. The Bertz CT molecular complexity index is 665. The van der Waals surface area contributed by atoms with Gasteiger partial charge in [0.2, 0.25) is 5.91 Å². The molecule has 1 aromatic rings. The number of rotatable bonds is 2. The number of aryl methyl sites for hydroxylation is 1. The average Bonchev–Trinajstić information content (AvgIpc) is 2.35. The Balaban J connectivity index is 2.82. The van der Waals surface area contributed by atoms with Crippen LogP contribution in [0, 0.1) is 0 Å². The van der Waals surface area contributed by atoms with Crippen LogP contribution in [-0.2, 0) is 22.7 Å². The highest BCUT2D eigenvalue weighted by Gasteiger charge is 2.49. The number of benzene rings is 1. The lowest BCUT2D eigenvalue weighted by Crippen LogP contribution is -2.29. The fourth-order valence-electron chi connectivity index (χ4n) is 2.41. The van der Waals surface area contributed by atoms with Gasteiger partial charge in [-0.15, -0.1) is 0 Å². The number of hydrogen-bond acceptors (Lipinski definition) is 3. The van der Waals surface area contributed by atoms with E-state index >= 15 is 0 Å². The summed E-state index contributed by atoms with van der Waals surface area (Å²) in [6.07, 6.45) is 2.04. The predicted octanol–water partition coefficient (Wildman–Crippen LogP) is 1.96. The van der Waals surface area contributed by atoms with Crippen molar-refractivity contribution in [3.05, 3.63) is 28.8 Å². The predicted molar refractivity (Wildman–Crippen MR) is 64.8 cm³/mol. The van der Waals surface area contributed by atoms with Crippen LogP contribution in [0.2, 0.25) is 0 Å². The van der Waals surface area contributed by atoms with Crippen LogP contribution < -0.4 is 5.73 Å². The zero-order valence-corrected chi connectivity index (χ0v) is 11.1. The van der Waals surface area contributed by atoms with Crippen molar-refractivity contribution >= 4 is 15.7 Å². The Hall–Kier alpha value is -1.57. The molecule has 0 aliphatic heterocycles. The molecule has 0 saturated heterocycles. The summed E-state index contributed by atoms with van der Waals surface area (Å²) in [5.74, 6) is -1.18. The number of fused-ring (bicyclic) bond motifs is 1. The van der Waals surface area contributed by atoms with E-state index in [9.17, 15) is 26.4 Å². The smallest absolute Gasteiger partial charge is 0.366 e. The third-order valence-electron chi connectivity index (χ3n) is 3.32. The van der Waals surface area contributed by atoms with Gasteiger partial charge >= 0.3 is 5.51 Å². The van der Waals surface area contributed by atoms with Gasteiger partial charge in [-0.3, -0.25) is 4.79 Å². The molecule has 1 aliphatic rings. The quantitative estimate of drug-likeness (QED) is 0.907. The molecule has 20 heavy (non-hydrogen) atoms. The second kappa shape index (κ2) is 4.76. The van der Waals surface area contributed by atoms with Gasteiger partial charge in [0, 0.05) is 0 Å². The molecule has 0 heterocycles. The zero-order chi connectivity index (χ0) is 15.1. The molecule has 0 radical (unpaired) electrons. The monoisotopic (exact) mass is 307 g/mol. The van der Waals surface area contributed by atoms with Crippen molar-refractivity contribution in [2.45, 2.75) is 36.1 Å². The van der Waals surface area contributed by atoms with Crippen LogP contribution in [0.1, 0.15) is 34.3 Å². The molecule has 0 atom stereocenters. The lowest BCUT2D eigenvalue weighted by molar-refractivity contribution is -0.0436. The van der Waals surface area contributed by atoms with Gasteiger partial charge in [0.1, 0.15) is 0 Å². The highest BCUT2D eigenvalue weighted by molar-refractivity contribution is 7.92. The number of amides is 1. The number of carbonyl (C=O) groups excluding carboxylic acids is 1. The standard InChI is InChI=1S/C12H12F3NO3S/c13-12(14,15)20(18,19)10-8-4-2-1-3-7(8)5-6-9(10)11(16)17/h5-6H,1-4H2,(H2,16,17). The maximum atomic E-state index is 12.8. The maximum absolute atomic E-state index is 12.8. The van der Waals surface area contributed by atoms with Crippen molar-refractivity contribution in [1.82, 2.24) is 0 Å². The highest BCUT2D eigenvalue weighted by Crippen LogP contribution is 2.37. The van der Waals surface area contributed by atoms with E-state index in [1.165, 1.54) is 6.07 Å². The number of alkyl halides is 3. The van der Waals surface area contributed by atoms with E-state index in [0.717, 1.165) is 12.5 Å². The molecule has 0 aromatic heterocycles. The first-order valence-corrected chi connectivity index (χ1v) is 7.40. The minimum absolute atomic E-state index is 0.0740. The minimum Gasteiger partial charge on any atom is -0.366 e. The first kappa shape index (κ1) is 14.8. The van der Waals surface area contributed by atoms with Crippen LogP contribution in [0.5, 0.6) is 0 Å². The van der Waals surface area contributed by atoms with E-state index in [1.807, 2.05) is 0 Å². The van der Waals surface area contributed by atoms with E-state index in [2.05, 4.69) is 0 Å². The lowest BCUT2D eigenvalue weighted by Gasteiger charge is -2.21. The molecule has 0 spiro atoms. The number of hydrogen-bond donors (Lipinski definition) is 1. The number of nitrogens with two attached hydrogens (primary N) is 1. The van der Waals surface area contributed by atoms with Crippen LogP contribution >= 0.6 is 0 Å². The minimum atomic E-state index is -5.59. The second-order valence-electron chi connectivity index (χ2n) is 4.60. The fourth-order valence-corrected chi connectivity index (χ4v) is 3.66. The number of sulfone groups is 1. The highest BCUT2D eigenvalue weighted by atomic mass is 32.2. The largest absolute Gasteiger partial charge is 0.501 e. The van der Waals surface area contributed by atoms with Gasteiger partial charge in [-0.2, -0.15) is 13.2 Å². The molecule has 0 fully saturated rings. The van der Waals surface area contributed by atoms with Gasteiger partial charge < -0.3 is 5.73 Å². The molecule has 0 saturated carbocycles. The van der Waals surface area contributed by atoms with Crippen LogP contribution in [0.25, 0.3) is 0 Å². The topological polar surface area (TPSA) is 77.2 Å². The van der Waals surface area contributed by atoms with Crippen molar-refractivity contribution in [3.63, 3.8) is 0 Å². The average molecular weight is 307 g/mol. The summed E-state index contributed by atoms with van der Waals surface area (Å²) in [6, 6.07) is 2.54. The Morgan fingerprint density at radius 1 is 1.15 bits per heavy atom. The van der Waals surface area contributed by atoms with E-state index in [0.29, 0.717) is 18.4 Å². The number of carbonyl (C=O) groups is 1. The Morgan fingerprint density at radius 2 is 1.75 bits per heavy atom. The number of primary amides is 1. The molecule has 1 aliphatic carbocycles. The Morgan fingerprint density at radius 3 is 2.30 bits per heavy atom. The summed E-state index contributed by atoms with van der Waals surface area (Å²) in [4.78, 5) is 10.3. The summed E-state index contributed by atoms with van der Waals surface area (Å²) in [6.45, 7) is 0. The summed E-state index contributed by atoms with van der Waals surface area (Å²) >= 11 is 0. The third-order valence-corrected chi connectivity index (χ3v) is 4.93. The zero-order valence-electron chi connectivity index (χ0n) is 10.3. The van der Waals surface area contributed by atoms with Crippen LogP contribution in [0.3, 0.4) is 0 Å². The van der Waals surface area contributed by atoms with E-state index in [4.69, 9.17) is 5.73 Å².